The van der Waals surface area contributed by atoms with E-state index < -0.39 is 53.3 Å². The van der Waals surface area contributed by atoms with Crippen molar-refractivity contribution in [3.63, 3.8) is 0 Å². The number of nitrogens with zero attached hydrogens (tertiary/aromatic N) is 3. The van der Waals surface area contributed by atoms with Crippen LogP contribution in [0.3, 0.4) is 0 Å². The Morgan fingerprint density at radius 1 is 1.04 bits per heavy atom. The topological polar surface area (TPSA) is 102 Å². The van der Waals surface area contributed by atoms with Crippen LogP contribution in [-0.2, 0) is 27.3 Å². The number of benzene rings is 2. The lowest BCUT2D eigenvalue weighted by atomic mass is 9.93. The number of aliphatic hydroxyl groups excluding tert-OH is 1. The summed E-state index contributed by atoms with van der Waals surface area (Å²) in [5.41, 5.74) is 0.527. The number of ether oxygens (including phenoxy) is 1. The Balaban J connectivity index is 1.61. The highest BCUT2D eigenvalue weighted by atomic mass is 19.1. The summed E-state index contributed by atoms with van der Waals surface area (Å²) < 4.78 is 34.1. The zero-order valence-electron chi connectivity index (χ0n) is 26.7. The molecule has 2 heterocycles. The third-order valence-electron chi connectivity index (χ3n) is 8.26. The lowest BCUT2D eigenvalue weighted by molar-refractivity contribution is -0.129. The fraction of sp³-hybridized carbons (Fsp3) is 0.559. The molecule has 45 heavy (non-hydrogen) atoms. The van der Waals surface area contributed by atoms with Crippen LogP contribution in [0.1, 0.15) is 58.1 Å². The van der Waals surface area contributed by atoms with Gasteiger partial charge in [-0.05, 0) is 56.9 Å². The zero-order chi connectivity index (χ0) is 32.7. The maximum absolute atomic E-state index is 14.2. The first-order valence-corrected chi connectivity index (χ1v) is 15.8. The van der Waals surface area contributed by atoms with Gasteiger partial charge in [-0.2, -0.15) is 0 Å². The van der Waals surface area contributed by atoms with Gasteiger partial charge < -0.3 is 20.1 Å². The molecule has 0 spiro atoms. The van der Waals surface area contributed by atoms with Crippen LogP contribution in [0.5, 0.6) is 0 Å². The molecule has 2 aromatic carbocycles. The fourth-order valence-electron chi connectivity index (χ4n) is 6.02. The van der Waals surface area contributed by atoms with Crippen molar-refractivity contribution in [3.05, 3.63) is 71.3 Å². The van der Waals surface area contributed by atoms with Crippen LogP contribution < -0.4 is 5.32 Å². The number of aliphatic hydroxyl groups is 1. The number of carbonyl (C=O) groups is 3. The maximum Gasteiger partial charge on any atom is 0.410 e. The van der Waals surface area contributed by atoms with Crippen molar-refractivity contribution in [2.24, 2.45) is 5.92 Å². The number of hydrogen-bond donors (Lipinski definition) is 2. The summed E-state index contributed by atoms with van der Waals surface area (Å²) in [5, 5.41) is 14.9. The molecular weight excluding hydrogens is 582 g/mol. The number of likely N-dealkylation sites (tertiary alicyclic amines) is 1. The van der Waals surface area contributed by atoms with Gasteiger partial charge in [-0.1, -0.05) is 43.7 Å². The van der Waals surface area contributed by atoms with E-state index in [1.807, 2.05) is 37.3 Å². The van der Waals surface area contributed by atoms with Crippen molar-refractivity contribution < 1.29 is 33.0 Å². The average Bonchev–Trinajstić information content (AvgIpc) is 3.34. The van der Waals surface area contributed by atoms with E-state index in [0.717, 1.165) is 36.6 Å². The third kappa shape index (κ3) is 9.71. The second kappa shape index (κ2) is 15.1. The molecule has 2 fully saturated rings. The molecule has 2 aromatic rings. The third-order valence-corrected chi connectivity index (χ3v) is 8.26. The molecule has 4 rings (SSSR count). The minimum atomic E-state index is -1.33. The highest BCUT2D eigenvalue weighted by Gasteiger charge is 2.42. The number of carbonyl (C=O) groups excluding carboxylic acids is 3. The van der Waals surface area contributed by atoms with E-state index in [2.05, 4.69) is 10.2 Å². The molecule has 9 nitrogen and oxygen atoms in total. The standard InChI is InChI=1S/C34H46F2N4O5/c1-5-6-12-39-21-25(18-30(39)41)32(43)37-28(17-24-15-26(35)19-27(36)16-24)31(42)29-22-38(20-23-10-8-7-9-11-23)13-14-40(29)33(44)45-34(2,3)4/h7-11,15-16,19,25,28-29,31,42H,5-6,12-14,17-18,20-22H2,1-4H3,(H,37,43)/t25-,28?,29+,31-/m0/s1. The summed E-state index contributed by atoms with van der Waals surface area (Å²) in [7, 11) is 0. The van der Waals surface area contributed by atoms with Crippen LogP contribution in [0.15, 0.2) is 48.5 Å². The normalized spacial score (nSPS) is 20.6. The Morgan fingerprint density at radius 3 is 2.38 bits per heavy atom. The Hall–Kier alpha value is -3.57. The highest BCUT2D eigenvalue weighted by Crippen LogP contribution is 2.24. The predicted octanol–water partition coefficient (Wildman–Crippen LogP) is 4.12. The fourth-order valence-corrected chi connectivity index (χ4v) is 6.02. The van der Waals surface area contributed by atoms with Crippen molar-refractivity contribution in [1.29, 1.82) is 0 Å². The van der Waals surface area contributed by atoms with Gasteiger partial charge in [0, 0.05) is 51.8 Å². The van der Waals surface area contributed by atoms with Crippen molar-refractivity contribution >= 4 is 17.9 Å². The van der Waals surface area contributed by atoms with Crippen molar-refractivity contribution in [3.8, 4) is 0 Å². The molecular formula is C34H46F2N4O5. The molecule has 3 amide bonds. The lowest BCUT2D eigenvalue weighted by Crippen LogP contribution is -2.64. The average molecular weight is 629 g/mol. The summed E-state index contributed by atoms with van der Waals surface area (Å²) in [6.07, 6.45) is -0.241. The van der Waals surface area contributed by atoms with Gasteiger partial charge in [0.05, 0.1) is 24.1 Å². The van der Waals surface area contributed by atoms with Gasteiger partial charge in [0.2, 0.25) is 11.8 Å². The first-order valence-electron chi connectivity index (χ1n) is 15.8. The van der Waals surface area contributed by atoms with E-state index in [4.69, 9.17) is 4.74 Å². The molecule has 2 saturated heterocycles. The molecule has 11 heteroatoms. The number of rotatable bonds is 11. The van der Waals surface area contributed by atoms with E-state index in [1.165, 1.54) is 4.90 Å². The van der Waals surface area contributed by atoms with E-state index in [0.29, 0.717) is 19.6 Å². The van der Waals surface area contributed by atoms with Crippen LogP contribution >= 0.6 is 0 Å². The van der Waals surface area contributed by atoms with Gasteiger partial charge in [0.1, 0.15) is 17.2 Å². The molecule has 0 saturated carbocycles. The molecule has 4 atom stereocenters. The summed E-state index contributed by atoms with van der Waals surface area (Å²) in [6, 6.07) is 11.1. The first-order chi connectivity index (χ1) is 21.3. The second-order valence-electron chi connectivity index (χ2n) is 13.1. The smallest absolute Gasteiger partial charge is 0.410 e. The van der Waals surface area contributed by atoms with Gasteiger partial charge in [-0.15, -0.1) is 0 Å². The second-order valence-corrected chi connectivity index (χ2v) is 13.1. The minimum absolute atomic E-state index is 0.0469. The largest absolute Gasteiger partial charge is 0.444 e. The first kappa shape index (κ1) is 34.3. The van der Waals surface area contributed by atoms with Gasteiger partial charge >= 0.3 is 6.09 Å². The van der Waals surface area contributed by atoms with Gasteiger partial charge in [-0.25, -0.2) is 13.6 Å². The minimum Gasteiger partial charge on any atom is -0.444 e. The molecule has 0 radical (unpaired) electrons. The van der Waals surface area contributed by atoms with Gasteiger partial charge in [0.15, 0.2) is 0 Å². The van der Waals surface area contributed by atoms with Crippen molar-refractivity contribution in [2.75, 3.05) is 32.7 Å². The number of halogens is 2. The van der Waals surface area contributed by atoms with Crippen LogP contribution in [0.4, 0.5) is 13.6 Å². The summed E-state index contributed by atoms with van der Waals surface area (Å²) in [4.78, 5) is 44.8. The predicted molar refractivity (Wildman–Crippen MR) is 166 cm³/mol. The Bertz CT molecular complexity index is 1300. The van der Waals surface area contributed by atoms with Gasteiger partial charge in [-0.3, -0.25) is 19.4 Å². The highest BCUT2D eigenvalue weighted by molar-refractivity contribution is 5.89. The summed E-state index contributed by atoms with van der Waals surface area (Å²) in [6.45, 7) is 9.78. The van der Waals surface area contributed by atoms with E-state index in [-0.39, 0.29) is 43.9 Å². The molecule has 2 aliphatic rings. The van der Waals surface area contributed by atoms with Crippen LogP contribution in [0.25, 0.3) is 0 Å². The molecule has 2 aliphatic heterocycles. The monoisotopic (exact) mass is 628 g/mol. The van der Waals surface area contributed by atoms with E-state index in [1.54, 1.807) is 25.7 Å². The van der Waals surface area contributed by atoms with E-state index in [9.17, 15) is 28.3 Å². The molecule has 1 unspecified atom stereocenters. The van der Waals surface area contributed by atoms with Crippen LogP contribution in [0, 0.1) is 17.6 Å². The Kier molecular flexibility index (Phi) is 11.5. The number of hydrogen-bond acceptors (Lipinski definition) is 6. The van der Waals surface area contributed by atoms with E-state index >= 15 is 0 Å². The molecule has 0 bridgehead atoms. The molecule has 2 N–H and O–H groups in total. The zero-order valence-corrected chi connectivity index (χ0v) is 26.7. The lowest BCUT2D eigenvalue weighted by Gasteiger charge is -2.45. The molecule has 0 aromatic heterocycles. The molecule has 246 valence electrons. The van der Waals surface area contributed by atoms with Crippen LogP contribution in [0.2, 0.25) is 0 Å². The maximum atomic E-state index is 14.2. The number of unbranched alkanes of at least 4 members (excludes halogenated alkanes) is 1. The number of amides is 3. The summed E-state index contributed by atoms with van der Waals surface area (Å²) in [5.74, 6) is -2.72. The Labute approximate surface area is 264 Å². The van der Waals surface area contributed by atoms with Gasteiger partial charge in [0.25, 0.3) is 0 Å². The number of nitrogens with one attached hydrogen (secondary N) is 1. The SMILES string of the molecule is CCCCN1C[C@@H](C(=O)NC(Cc2cc(F)cc(F)c2)[C@H](O)[C@H]2CN(Cc3ccccc3)CCN2C(=O)OC(C)(C)C)CC1=O. The van der Waals surface area contributed by atoms with Crippen molar-refractivity contribution in [2.45, 2.75) is 83.7 Å². The van der Waals surface area contributed by atoms with Crippen molar-refractivity contribution in [1.82, 2.24) is 20.0 Å². The summed E-state index contributed by atoms with van der Waals surface area (Å²) >= 11 is 0. The molecule has 0 aliphatic carbocycles. The quantitative estimate of drug-likeness (QED) is 0.388. The van der Waals surface area contributed by atoms with Crippen LogP contribution in [-0.4, -0.2) is 94.2 Å². The Morgan fingerprint density at radius 2 is 1.73 bits per heavy atom. The number of piperazine rings is 1.